The van der Waals surface area contributed by atoms with E-state index in [-0.39, 0.29) is 5.91 Å². The van der Waals surface area contributed by atoms with Gasteiger partial charge in [-0.1, -0.05) is 29.8 Å². The van der Waals surface area contributed by atoms with Crippen molar-refractivity contribution >= 4 is 12.1 Å². The zero-order valence-corrected chi connectivity index (χ0v) is 11.5. The van der Waals surface area contributed by atoms with Gasteiger partial charge >= 0.3 is 0 Å². The van der Waals surface area contributed by atoms with Crippen LogP contribution >= 0.6 is 0 Å². The lowest BCUT2D eigenvalue weighted by molar-refractivity contribution is 0.0955. The summed E-state index contributed by atoms with van der Waals surface area (Å²) in [7, 11) is 1.61. The first-order chi connectivity index (χ1) is 9.69. The van der Waals surface area contributed by atoms with Crippen LogP contribution in [0.5, 0.6) is 5.75 Å². The lowest BCUT2D eigenvalue weighted by Crippen LogP contribution is -2.17. The Kier molecular flexibility index (Phi) is 4.50. The lowest BCUT2D eigenvalue weighted by atomic mass is 10.1. The van der Waals surface area contributed by atoms with Gasteiger partial charge in [0.15, 0.2) is 0 Å². The summed E-state index contributed by atoms with van der Waals surface area (Å²) in [5, 5.41) is 3.94. The van der Waals surface area contributed by atoms with Crippen LogP contribution in [-0.4, -0.2) is 19.2 Å². The minimum absolute atomic E-state index is 0.232. The van der Waals surface area contributed by atoms with Crippen LogP contribution in [0.3, 0.4) is 0 Å². The highest BCUT2D eigenvalue weighted by molar-refractivity contribution is 5.94. The third-order valence-corrected chi connectivity index (χ3v) is 2.79. The maximum Gasteiger partial charge on any atom is 0.271 e. The second-order valence-electron chi connectivity index (χ2n) is 4.34. The minimum Gasteiger partial charge on any atom is -0.497 e. The Morgan fingerprint density at radius 2 is 1.95 bits per heavy atom. The number of hydrogen-bond acceptors (Lipinski definition) is 3. The molecular weight excluding hydrogens is 252 g/mol. The number of amides is 1. The summed E-state index contributed by atoms with van der Waals surface area (Å²) >= 11 is 0. The Morgan fingerprint density at radius 1 is 1.20 bits per heavy atom. The quantitative estimate of drug-likeness (QED) is 0.684. The Labute approximate surface area is 118 Å². The highest BCUT2D eigenvalue weighted by Gasteiger charge is 2.02. The van der Waals surface area contributed by atoms with Crippen molar-refractivity contribution in [2.45, 2.75) is 6.92 Å². The summed E-state index contributed by atoms with van der Waals surface area (Å²) in [5.41, 5.74) is 5.04. The molecule has 0 unspecified atom stereocenters. The van der Waals surface area contributed by atoms with Crippen molar-refractivity contribution < 1.29 is 9.53 Å². The van der Waals surface area contributed by atoms with E-state index in [0.29, 0.717) is 5.56 Å². The fourth-order valence-electron chi connectivity index (χ4n) is 1.66. The molecule has 0 spiro atoms. The van der Waals surface area contributed by atoms with Crippen LogP contribution in [0.4, 0.5) is 0 Å². The van der Waals surface area contributed by atoms with Crippen LogP contribution in [0.1, 0.15) is 21.5 Å². The molecule has 0 saturated heterocycles. The molecule has 2 aromatic carbocycles. The number of rotatable bonds is 4. The number of carbonyl (C=O) groups excluding carboxylic acids is 1. The minimum atomic E-state index is -0.232. The van der Waals surface area contributed by atoms with Gasteiger partial charge in [0.25, 0.3) is 5.91 Å². The number of nitrogens with one attached hydrogen (secondary N) is 1. The highest BCUT2D eigenvalue weighted by Crippen LogP contribution is 2.10. The summed E-state index contributed by atoms with van der Waals surface area (Å²) in [6.45, 7) is 1.97. The molecule has 2 aromatic rings. The number of benzene rings is 2. The van der Waals surface area contributed by atoms with Crippen molar-refractivity contribution in [3.63, 3.8) is 0 Å². The molecule has 4 nitrogen and oxygen atoms in total. The van der Waals surface area contributed by atoms with Gasteiger partial charge in [-0.15, -0.1) is 0 Å². The normalized spacial score (nSPS) is 10.5. The SMILES string of the molecule is COc1cccc(/C=N\NC(=O)c2ccc(C)cc2)c1. The number of hydrogen-bond donors (Lipinski definition) is 1. The first-order valence-corrected chi connectivity index (χ1v) is 6.23. The molecule has 1 N–H and O–H groups in total. The summed E-state index contributed by atoms with van der Waals surface area (Å²) in [6, 6.07) is 14.7. The zero-order chi connectivity index (χ0) is 14.4. The van der Waals surface area contributed by atoms with Gasteiger partial charge in [0, 0.05) is 5.56 Å². The fraction of sp³-hybridized carbons (Fsp3) is 0.125. The van der Waals surface area contributed by atoms with Gasteiger partial charge < -0.3 is 4.74 Å². The molecule has 0 bridgehead atoms. The van der Waals surface area contributed by atoms with Gasteiger partial charge in [0.05, 0.1) is 13.3 Å². The van der Waals surface area contributed by atoms with E-state index in [4.69, 9.17) is 4.74 Å². The van der Waals surface area contributed by atoms with E-state index in [0.717, 1.165) is 16.9 Å². The molecule has 20 heavy (non-hydrogen) atoms. The number of hydrazone groups is 1. The van der Waals surface area contributed by atoms with Gasteiger partial charge in [-0.05, 0) is 36.8 Å². The number of carbonyl (C=O) groups is 1. The van der Waals surface area contributed by atoms with Crippen LogP contribution < -0.4 is 10.2 Å². The maximum absolute atomic E-state index is 11.8. The second kappa shape index (κ2) is 6.52. The van der Waals surface area contributed by atoms with Gasteiger partial charge in [-0.2, -0.15) is 5.10 Å². The lowest BCUT2D eigenvalue weighted by Gasteiger charge is -2.01. The molecule has 2 rings (SSSR count). The number of nitrogens with zero attached hydrogens (tertiary/aromatic N) is 1. The van der Waals surface area contributed by atoms with Crippen molar-refractivity contribution in [3.8, 4) is 5.75 Å². The molecule has 0 saturated carbocycles. The van der Waals surface area contributed by atoms with Crippen LogP contribution in [0.25, 0.3) is 0 Å². The molecule has 102 valence electrons. The Balaban J connectivity index is 1.98. The third-order valence-electron chi connectivity index (χ3n) is 2.79. The van der Waals surface area contributed by atoms with E-state index in [1.807, 2.05) is 43.3 Å². The zero-order valence-electron chi connectivity index (χ0n) is 11.5. The highest BCUT2D eigenvalue weighted by atomic mass is 16.5. The van der Waals surface area contributed by atoms with E-state index in [1.54, 1.807) is 25.5 Å². The number of ether oxygens (including phenoxy) is 1. The Bertz CT molecular complexity index is 619. The summed E-state index contributed by atoms with van der Waals surface area (Å²) < 4.78 is 5.11. The molecule has 0 aliphatic rings. The Hall–Kier alpha value is -2.62. The van der Waals surface area contributed by atoms with Crippen molar-refractivity contribution in [2.24, 2.45) is 5.10 Å². The molecule has 0 aliphatic carbocycles. The first kappa shape index (κ1) is 13.8. The third kappa shape index (κ3) is 3.68. The fourth-order valence-corrected chi connectivity index (χ4v) is 1.66. The van der Waals surface area contributed by atoms with Crippen molar-refractivity contribution in [1.82, 2.24) is 5.43 Å². The molecule has 0 radical (unpaired) electrons. The topological polar surface area (TPSA) is 50.7 Å². The summed E-state index contributed by atoms with van der Waals surface area (Å²) in [6.07, 6.45) is 1.58. The van der Waals surface area contributed by atoms with Gasteiger partial charge in [0.2, 0.25) is 0 Å². The van der Waals surface area contributed by atoms with E-state index >= 15 is 0 Å². The molecule has 0 heterocycles. The number of methoxy groups -OCH3 is 1. The van der Waals surface area contributed by atoms with Gasteiger partial charge in [0.1, 0.15) is 5.75 Å². The van der Waals surface area contributed by atoms with E-state index in [2.05, 4.69) is 10.5 Å². The molecule has 0 aromatic heterocycles. The Morgan fingerprint density at radius 3 is 2.65 bits per heavy atom. The molecular formula is C16H16N2O2. The second-order valence-corrected chi connectivity index (χ2v) is 4.34. The van der Waals surface area contributed by atoms with E-state index in [1.165, 1.54) is 0 Å². The molecule has 0 fully saturated rings. The monoisotopic (exact) mass is 268 g/mol. The van der Waals surface area contributed by atoms with E-state index < -0.39 is 0 Å². The van der Waals surface area contributed by atoms with Gasteiger partial charge in [-0.3, -0.25) is 4.79 Å². The van der Waals surface area contributed by atoms with Crippen LogP contribution in [-0.2, 0) is 0 Å². The smallest absolute Gasteiger partial charge is 0.271 e. The van der Waals surface area contributed by atoms with Crippen molar-refractivity contribution in [2.75, 3.05) is 7.11 Å². The standard InChI is InChI=1S/C16H16N2O2/c1-12-6-8-14(9-7-12)16(19)18-17-11-13-4-3-5-15(10-13)20-2/h3-11H,1-2H3,(H,18,19)/b17-11-. The van der Waals surface area contributed by atoms with Crippen LogP contribution in [0.15, 0.2) is 53.6 Å². The molecule has 0 aliphatic heterocycles. The van der Waals surface area contributed by atoms with Crippen molar-refractivity contribution in [1.29, 1.82) is 0 Å². The molecule has 4 heteroatoms. The predicted octanol–water partition coefficient (Wildman–Crippen LogP) is 2.77. The maximum atomic E-state index is 11.8. The van der Waals surface area contributed by atoms with E-state index in [9.17, 15) is 4.79 Å². The summed E-state index contributed by atoms with van der Waals surface area (Å²) in [4.78, 5) is 11.8. The van der Waals surface area contributed by atoms with Crippen molar-refractivity contribution in [3.05, 3.63) is 65.2 Å². The average molecular weight is 268 g/mol. The molecule has 0 atom stereocenters. The van der Waals surface area contributed by atoms with Crippen LogP contribution in [0, 0.1) is 6.92 Å². The average Bonchev–Trinajstić information content (AvgIpc) is 2.48. The summed E-state index contributed by atoms with van der Waals surface area (Å²) in [5.74, 6) is 0.517. The largest absolute Gasteiger partial charge is 0.497 e. The van der Waals surface area contributed by atoms with Crippen LogP contribution in [0.2, 0.25) is 0 Å². The predicted molar refractivity (Wildman–Crippen MR) is 79.2 cm³/mol. The van der Waals surface area contributed by atoms with Gasteiger partial charge in [-0.25, -0.2) is 5.43 Å². The number of aryl methyl sites for hydroxylation is 1. The first-order valence-electron chi connectivity index (χ1n) is 6.23. The molecule has 1 amide bonds.